The molecule has 7 heteroatoms. The Hall–Kier alpha value is -0.380. The number of rotatable bonds is 3. The highest BCUT2D eigenvalue weighted by molar-refractivity contribution is 14.1. The highest BCUT2D eigenvalue weighted by atomic mass is 127. The lowest BCUT2D eigenvalue weighted by molar-refractivity contribution is 0.0747. The van der Waals surface area contributed by atoms with E-state index in [9.17, 15) is 4.79 Å². The van der Waals surface area contributed by atoms with Gasteiger partial charge in [0.25, 0.3) is 0 Å². The van der Waals surface area contributed by atoms with Gasteiger partial charge in [-0.2, -0.15) is 0 Å². The van der Waals surface area contributed by atoms with E-state index in [2.05, 4.69) is 64.0 Å². The second kappa shape index (κ2) is 7.70. The van der Waals surface area contributed by atoms with E-state index in [1.165, 1.54) is 40.6 Å². The SMILES string of the molecule is Cc1ccccc1SC1=CN(C(=O)N[C@H]2CN3CCC2CC3)C(I)S1. The topological polar surface area (TPSA) is 35.6 Å². The first-order valence-corrected chi connectivity index (χ1v) is 11.6. The fraction of sp³-hybridized carbons (Fsp3) is 0.500. The molecule has 2 atom stereocenters. The van der Waals surface area contributed by atoms with Crippen LogP contribution in [0, 0.1) is 12.8 Å². The van der Waals surface area contributed by atoms with Gasteiger partial charge >= 0.3 is 6.03 Å². The smallest absolute Gasteiger partial charge is 0.323 e. The van der Waals surface area contributed by atoms with Gasteiger partial charge in [0, 0.05) is 23.7 Å². The summed E-state index contributed by atoms with van der Waals surface area (Å²) >= 11 is 5.84. The Morgan fingerprint density at radius 2 is 2.08 bits per heavy atom. The van der Waals surface area contributed by atoms with Gasteiger partial charge in [0.15, 0.2) is 0 Å². The average molecular weight is 487 g/mol. The maximum atomic E-state index is 12.8. The molecule has 2 amide bonds. The minimum Gasteiger partial charge on any atom is -0.333 e. The minimum absolute atomic E-state index is 0.0473. The molecule has 4 nitrogen and oxygen atoms in total. The molecule has 2 bridgehead atoms. The Bertz CT molecular complexity index is 691. The summed E-state index contributed by atoms with van der Waals surface area (Å²) in [6, 6.07) is 8.75. The zero-order chi connectivity index (χ0) is 17.4. The Morgan fingerprint density at radius 1 is 1.32 bits per heavy atom. The number of nitrogens with one attached hydrogen (secondary N) is 1. The van der Waals surface area contributed by atoms with Gasteiger partial charge in [-0.1, -0.05) is 41.7 Å². The van der Waals surface area contributed by atoms with Gasteiger partial charge in [0.1, 0.15) is 3.38 Å². The first-order chi connectivity index (χ1) is 12.1. The molecule has 4 heterocycles. The van der Waals surface area contributed by atoms with Crippen molar-refractivity contribution in [1.82, 2.24) is 15.1 Å². The summed E-state index contributed by atoms with van der Waals surface area (Å²) in [6.07, 6.45) is 4.45. The number of amides is 2. The maximum absolute atomic E-state index is 12.8. The standard InChI is InChI=1S/C18H22IN3OS2/c1-12-4-2-3-5-15(12)24-16-11-22(17(19)25-16)18(23)20-14-10-21-8-6-13(14)7-9-21/h2-5,11,13-14,17H,6-10H2,1H3,(H,20,23)/t14-,17?/m0/s1. The number of hydrogen-bond acceptors (Lipinski definition) is 4. The largest absolute Gasteiger partial charge is 0.333 e. The molecule has 1 aromatic carbocycles. The van der Waals surface area contributed by atoms with E-state index in [4.69, 9.17) is 0 Å². The molecule has 0 saturated carbocycles. The van der Waals surface area contributed by atoms with E-state index in [1.54, 1.807) is 23.5 Å². The third kappa shape index (κ3) is 3.99. The molecule has 25 heavy (non-hydrogen) atoms. The van der Waals surface area contributed by atoms with Crippen molar-refractivity contribution in [1.29, 1.82) is 0 Å². The number of carbonyl (C=O) groups is 1. The molecule has 1 N–H and O–H groups in total. The third-order valence-corrected chi connectivity index (χ3v) is 8.83. The number of carbonyl (C=O) groups excluding carboxylic acids is 1. The number of benzene rings is 1. The molecule has 1 unspecified atom stereocenters. The fourth-order valence-electron chi connectivity index (χ4n) is 3.70. The molecule has 0 aromatic heterocycles. The summed E-state index contributed by atoms with van der Waals surface area (Å²) in [7, 11) is 0. The summed E-state index contributed by atoms with van der Waals surface area (Å²) in [6.45, 7) is 5.53. The van der Waals surface area contributed by atoms with Gasteiger partial charge < -0.3 is 10.2 Å². The van der Waals surface area contributed by atoms with Crippen LogP contribution in [0.2, 0.25) is 0 Å². The number of alkyl halides is 1. The van der Waals surface area contributed by atoms with Crippen molar-refractivity contribution in [2.75, 3.05) is 19.6 Å². The van der Waals surface area contributed by atoms with Crippen LogP contribution in [0.5, 0.6) is 0 Å². The van der Waals surface area contributed by atoms with Crippen molar-refractivity contribution < 1.29 is 4.79 Å². The second-order valence-electron chi connectivity index (χ2n) is 6.83. The van der Waals surface area contributed by atoms with E-state index in [1.807, 2.05) is 11.1 Å². The van der Waals surface area contributed by atoms with Crippen LogP contribution in [-0.2, 0) is 0 Å². The zero-order valence-corrected chi connectivity index (χ0v) is 17.9. The summed E-state index contributed by atoms with van der Waals surface area (Å²) in [5.41, 5.74) is 1.27. The van der Waals surface area contributed by atoms with Crippen LogP contribution in [0.25, 0.3) is 0 Å². The van der Waals surface area contributed by atoms with Gasteiger partial charge in [-0.15, -0.1) is 0 Å². The number of hydrogen-bond donors (Lipinski definition) is 1. The van der Waals surface area contributed by atoms with Gasteiger partial charge in [0.05, 0.1) is 4.24 Å². The number of urea groups is 1. The van der Waals surface area contributed by atoms with E-state index in [0.717, 1.165) is 6.54 Å². The zero-order valence-electron chi connectivity index (χ0n) is 14.2. The maximum Gasteiger partial charge on any atom is 0.323 e. The van der Waals surface area contributed by atoms with Crippen LogP contribution < -0.4 is 5.32 Å². The van der Waals surface area contributed by atoms with Crippen LogP contribution in [0.1, 0.15) is 18.4 Å². The van der Waals surface area contributed by atoms with Crippen molar-refractivity contribution in [3.63, 3.8) is 0 Å². The molecular weight excluding hydrogens is 465 g/mol. The van der Waals surface area contributed by atoms with Gasteiger partial charge in [-0.3, -0.25) is 4.90 Å². The highest BCUT2D eigenvalue weighted by Gasteiger charge is 2.37. The van der Waals surface area contributed by atoms with Crippen molar-refractivity contribution in [2.24, 2.45) is 5.92 Å². The van der Waals surface area contributed by atoms with Crippen molar-refractivity contribution in [3.8, 4) is 0 Å². The summed E-state index contributed by atoms with van der Waals surface area (Å²) in [4.78, 5) is 18.4. The number of fused-ring (bicyclic) bond motifs is 3. The monoisotopic (exact) mass is 487 g/mol. The minimum atomic E-state index is 0.0473. The van der Waals surface area contributed by atoms with Crippen molar-refractivity contribution >= 4 is 52.1 Å². The van der Waals surface area contributed by atoms with Gasteiger partial charge in [-0.25, -0.2) is 4.79 Å². The van der Waals surface area contributed by atoms with Crippen LogP contribution in [0.4, 0.5) is 4.79 Å². The molecule has 134 valence electrons. The van der Waals surface area contributed by atoms with Gasteiger partial charge in [0.2, 0.25) is 0 Å². The van der Waals surface area contributed by atoms with Crippen molar-refractivity contribution in [3.05, 3.63) is 40.3 Å². The number of aryl methyl sites for hydroxylation is 1. The van der Waals surface area contributed by atoms with Gasteiger partial charge in [-0.05, 0) is 73.0 Å². The highest BCUT2D eigenvalue weighted by Crippen LogP contribution is 2.46. The number of halogens is 1. The molecule has 0 spiro atoms. The molecule has 0 radical (unpaired) electrons. The molecule has 3 saturated heterocycles. The summed E-state index contributed by atoms with van der Waals surface area (Å²) < 4.78 is 1.29. The Balaban J connectivity index is 1.40. The van der Waals surface area contributed by atoms with E-state index in [0.29, 0.717) is 12.0 Å². The third-order valence-electron chi connectivity index (χ3n) is 5.18. The predicted octanol–water partition coefficient (Wildman–Crippen LogP) is 4.46. The van der Waals surface area contributed by atoms with Crippen LogP contribution in [0.3, 0.4) is 0 Å². The Labute approximate surface area is 171 Å². The lowest BCUT2D eigenvalue weighted by atomic mass is 9.84. The van der Waals surface area contributed by atoms with E-state index >= 15 is 0 Å². The van der Waals surface area contributed by atoms with Crippen molar-refractivity contribution in [2.45, 2.75) is 34.1 Å². The summed E-state index contributed by atoms with van der Waals surface area (Å²) in [5, 5.41) is 3.29. The van der Waals surface area contributed by atoms with Crippen LogP contribution >= 0.6 is 46.1 Å². The van der Waals surface area contributed by atoms with E-state index < -0.39 is 0 Å². The van der Waals surface area contributed by atoms with Crippen LogP contribution in [-0.4, -0.2) is 44.9 Å². The first-order valence-electron chi connectivity index (χ1n) is 8.67. The van der Waals surface area contributed by atoms with E-state index in [-0.39, 0.29) is 9.41 Å². The normalized spacial score (nSPS) is 31.1. The van der Waals surface area contributed by atoms with Crippen LogP contribution in [0.15, 0.2) is 39.6 Å². The number of thioether (sulfide) groups is 2. The molecule has 0 aliphatic carbocycles. The lowest BCUT2D eigenvalue weighted by Crippen LogP contribution is -2.58. The molecule has 4 aliphatic rings. The Morgan fingerprint density at radius 3 is 2.76 bits per heavy atom. The Kier molecular flexibility index (Phi) is 5.54. The number of nitrogens with zero attached hydrogens (tertiary/aromatic N) is 2. The number of piperidine rings is 3. The fourth-order valence-corrected chi connectivity index (χ4v) is 7.58. The average Bonchev–Trinajstić information content (AvgIpc) is 2.98. The molecule has 5 rings (SSSR count). The summed E-state index contributed by atoms with van der Waals surface area (Å²) in [5.74, 6) is 0.654. The molecular formula is C18H22IN3OS2. The first kappa shape index (κ1) is 18.0. The predicted molar refractivity (Wildman–Crippen MR) is 114 cm³/mol. The molecule has 3 fully saturated rings. The lowest BCUT2D eigenvalue weighted by Gasteiger charge is -2.45. The second-order valence-corrected chi connectivity index (χ2v) is 11.3. The molecule has 4 aliphatic heterocycles. The quantitative estimate of drug-likeness (QED) is 0.388. The molecule has 1 aromatic rings.